The maximum Gasteiger partial charge on any atom is 0.318 e. The molecule has 0 spiro atoms. The van der Waals surface area contributed by atoms with E-state index in [0.717, 1.165) is 49.9 Å². The summed E-state index contributed by atoms with van der Waals surface area (Å²) in [4.78, 5) is 11.9. The van der Waals surface area contributed by atoms with Crippen LogP contribution in [0, 0.1) is 0 Å². The van der Waals surface area contributed by atoms with E-state index in [-0.39, 0.29) is 11.2 Å². The minimum absolute atomic E-state index is 0.156. The molecule has 4 aromatic carbocycles. The van der Waals surface area contributed by atoms with Crippen molar-refractivity contribution in [3.05, 3.63) is 96.6 Å². The zero-order chi connectivity index (χ0) is 23.5. The van der Waals surface area contributed by atoms with Crippen molar-refractivity contribution in [3.63, 3.8) is 0 Å². The predicted octanol–water partition coefficient (Wildman–Crippen LogP) is 8.10. The van der Waals surface area contributed by atoms with E-state index in [1.165, 1.54) is 5.56 Å². The largest absolute Gasteiger partial charge is 0.465 e. The summed E-state index contributed by atoms with van der Waals surface area (Å²) in [6.45, 7) is 4.15. The highest BCUT2D eigenvalue weighted by molar-refractivity contribution is 7.99. The van der Waals surface area contributed by atoms with Gasteiger partial charge in [0.2, 0.25) is 0 Å². The molecule has 0 radical (unpaired) electrons. The molecule has 5 rings (SSSR count). The van der Waals surface area contributed by atoms with Gasteiger partial charge in [0, 0.05) is 22.1 Å². The van der Waals surface area contributed by atoms with Gasteiger partial charge < -0.3 is 9.15 Å². The van der Waals surface area contributed by atoms with E-state index in [1.807, 2.05) is 32.0 Å². The third kappa shape index (κ3) is 4.46. The van der Waals surface area contributed by atoms with Crippen molar-refractivity contribution in [1.82, 2.24) is 0 Å². The fourth-order valence-corrected chi connectivity index (χ4v) is 5.06. The highest BCUT2D eigenvalue weighted by atomic mass is 32.2. The summed E-state index contributed by atoms with van der Waals surface area (Å²) in [7, 11) is 0. The Bertz CT molecular complexity index is 1470. The van der Waals surface area contributed by atoms with Crippen LogP contribution in [0.5, 0.6) is 0 Å². The molecule has 1 unspecified atom stereocenters. The summed E-state index contributed by atoms with van der Waals surface area (Å²) in [6, 6.07) is 31.6. The van der Waals surface area contributed by atoms with Gasteiger partial charge in [-0.2, -0.15) is 0 Å². The van der Waals surface area contributed by atoms with Gasteiger partial charge >= 0.3 is 5.97 Å². The highest BCUT2D eigenvalue weighted by Gasteiger charge is 2.15. The molecule has 5 aromatic rings. The molecule has 0 saturated carbocycles. The maximum absolute atomic E-state index is 11.9. The van der Waals surface area contributed by atoms with Gasteiger partial charge in [-0.25, -0.2) is 0 Å². The summed E-state index contributed by atoms with van der Waals surface area (Å²) in [5.41, 5.74) is 7.52. The summed E-state index contributed by atoms with van der Waals surface area (Å²) in [5.74, 6) is 0.599. The van der Waals surface area contributed by atoms with Crippen LogP contribution in [0.4, 0.5) is 0 Å². The normalized spacial score (nSPS) is 12.2. The van der Waals surface area contributed by atoms with Crippen LogP contribution < -0.4 is 0 Å². The molecule has 0 saturated heterocycles. The van der Waals surface area contributed by atoms with Gasteiger partial charge in [-0.3, -0.25) is 4.79 Å². The molecule has 0 bridgehead atoms. The predicted molar refractivity (Wildman–Crippen MR) is 142 cm³/mol. The number of furan rings is 1. The van der Waals surface area contributed by atoms with Crippen molar-refractivity contribution in [2.75, 3.05) is 6.61 Å². The van der Waals surface area contributed by atoms with Crippen molar-refractivity contribution in [2.45, 2.75) is 24.9 Å². The van der Waals surface area contributed by atoms with Gasteiger partial charge in [0.15, 0.2) is 0 Å². The molecule has 0 amide bonds. The fraction of sp³-hybridized carbons (Fsp3) is 0.167. The van der Waals surface area contributed by atoms with Gasteiger partial charge in [0.1, 0.15) is 11.2 Å². The Kier molecular flexibility index (Phi) is 6.41. The Labute approximate surface area is 203 Å². The second-order valence-electron chi connectivity index (χ2n) is 8.27. The number of rotatable bonds is 7. The first kappa shape index (κ1) is 22.3. The van der Waals surface area contributed by atoms with Gasteiger partial charge in [0.25, 0.3) is 0 Å². The highest BCUT2D eigenvalue weighted by Crippen LogP contribution is 2.37. The lowest BCUT2D eigenvalue weighted by atomic mass is 9.97. The first-order chi connectivity index (χ1) is 16.6. The zero-order valence-corrected chi connectivity index (χ0v) is 20.1. The zero-order valence-electron chi connectivity index (χ0n) is 19.3. The molecule has 3 nitrogen and oxygen atoms in total. The molecule has 1 heterocycles. The Hall–Kier alpha value is -3.50. The molecule has 0 fully saturated rings. The van der Waals surface area contributed by atoms with Crippen molar-refractivity contribution >= 4 is 39.7 Å². The van der Waals surface area contributed by atoms with Crippen LogP contribution in [0.3, 0.4) is 0 Å². The average molecular weight is 467 g/mol. The molecule has 0 aliphatic heterocycles. The number of para-hydroxylation sites is 2. The summed E-state index contributed by atoms with van der Waals surface area (Å²) in [5, 5.41) is 2.09. The van der Waals surface area contributed by atoms with Gasteiger partial charge in [-0.1, -0.05) is 78.9 Å². The van der Waals surface area contributed by atoms with E-state index < -0.39 is 0 Å². The van der Waals surface area contributed by atoms with Crippen LogP contribution in [0.25, 0.3) is 44.2 Å². The number of esters is 1. The van der Waals surface area contributed by atoms with Crippen LogP contribution >= 0.6 is 11.8 Å². The lowest BCUT2D eigenvalue weighted by molar-refractivity contribution is -0.142. The van der Waals surface area contributed by atoms with E-state index in [2.05, 4.69) is 72.8 Å². The van der Waals surface area contributed by atoms with E-state index in [9.17, 15) is 4.79 Å². The topological polar surface area (TPSA) is 39.4 Å². The van der Waals surface area contributed by atoms with E-state index >= 15 is 0 Å². The Morgan fingerprint density at radius 2 is 1.56 bits per heavy atom. The average Bonchev–Trinajstić information content (AvgIpc) is 3.26. The Balaban J connectivity index is 1.44. The lowest BCUT2D eigenvalue weighted by Crippen LogP contribution is -2.16. The van der Waals surface area contributed by atoms with Gasteiger partial charge in [-0.05, 0) is 48.2 Å². The van der Waals surface area contributed by atoms with E-state index in [4.69, 9.17) is 9.15 Å². The quantitative estimate of drug-likeness (QED) is 0.227. The van der Waals surface area contributed by atoms with Crippen molar-refractivity contribution in [1.29, 1.82) is 0 Å². The number of fused-ring (bicyclic) bond motifs is 3. The molecule has 1 aromatic heterocycles. The van der Waals surface area contributed by atoms with E-state index in [0.29, 0.717) is 6.61 Å². The molecule has 34 heavy (non-hydrogen) atoms. The molecular weight excluding hydrogens is 440 g/mol. The Morgan fingerprint density at radius 1 is 0.853 bits per heavy atom. The maximum atomic E-state index is 11.9. The standard InChI is InChI=1S/C30H26O3S/c1-3-32-30(31)20(2)34-19-21-9-6-10-22(17-21)23-11-7-12-24(18-23)25-14-8-15-27-26-13-4-5-16-28(26)33-29(25)27/h4-18,20H,3,19H2,1-2H3. The number of thioether (sulfide) groups is 1. The lowest BCUT2D eigenvalue weighted by Gasteiger charge is -2.11. The van der Waals surface area contributed by atoms with Crippen LogP contribution in [-0.2, 0) is 15.3 Å². The number of benzene rings is 4. The molecular formula is C30H26O3S. The number of ether oxygens (including phenoxy) is 1. The molecule has 0 aliphatic carbocycles. The third-order valence-electron chi connectivity index (χ3n) is 5.96. The summed E-state index contributed by atoms with van der Waals surface area (Å²) >= 11 is 1.60. The smallest absolute Gasteiger partial charge is 0.318 e. The minimum atomic E-state index is -0.184. The second kappa shape index (κ2) is 9.78. The van der Waals surface area contributed by atoms with Gasteiger partial charge in [-0.15, -0.1) is 11.8 Å². The SMILES string of the molecule is CCOC(=O)C(C)SCc1cccc(-c2cccc(-c3cccc4c3oc3ccccc34)c2)c1. The van der Waals surface area contributed by atoms with Crippen LogP contribution in [0.1, 0.15) is 19.4 Å². The van der Waals surface area contributed by atoms with Crippen molar-refractivity contribution < 1.29 is 13.9 Å². The van der Waals surface area contributed by atoms with Crippen LogP contribution in [-0.4, -0.2) is 17.8 Å². The minimum Gasteiger partial charge on any atom is -0.465 e. The summed E-state index contributed by atoms with van der Waals surface area (Å²) in [6.07, 6.45) is 0. The second-order valence-corrected chi connectivity index (χ2v) is 9.60. The molecule has 170 valence electrons. The molecule has 0 aliphatic rings. The first-order valence-electron chi connectivity index (χ1n) is 11.5. The molecule has 0 N–H and O–H groups in total. The first-order valence-corrected chi connectivity index (χ1v) is 12.6. The number of hydrogen-bond acceptors (Lipinski definition) is 4. The number of carbonyl (C=O) groups excluding carboxylic acids is 1. The number of hydrogen-bond donors (Lipinski definition) is 0. The fourth-order valence-electron chi connectivity index (χ4n) is 4.23. The monoisotopic (exact) mass is 466 g/mol. The van der Waals surface area contributed by atoms with Crippen LogP contribution in [0.2, 0.25) is 0 Å². The van der Waals surface area contributed by atoms with Crippen LogP contribution in [0.15, 0.2) is 95.4 Å². The Morgan fingerprint density at radius 3 is 2.41 bits per heavy atom. The van der Waals surface area contributed by atoms with Gasteiger partial charge in [0.05, 0.1) is 11.9 Å². The van der Waals surface area contributed by atoms with Crippen molar-refractivity contribution in [2.24, 2.45) is 0 Å². The third-order valence-corrected chi connectivity index (χ3v) is 7.15. The summed E-state index contributed by atoms with van der Waals surface area (Å²) < 4.78 is 11.4. The molecule has 1 atom stereocenters. The van der Waals surface area contributed by atoms with Crippen molar-refractivity contribution in [3.8, 4) is 22.3 Å². The van der Waals surface area contributed by atoms with E-state index in [1.54, 1.807) is 11.8 Å². The molecule has 4 heteroatoms. The number of carbonyl (C=O) groups is 1.